The van der Waals surface area contributed by atoms with E-state index in [1.54, 1.807) is 9.36 Å². The number of rotatable bonds is 31. The molecule has 2 aliphatic heterocycles. The van der Waals surface area contributed by atoms with E-state index in [1.165, 1.54) is 0 Å². The summed E-state index contributed by atoms with van der Waals surface area (Å²) in [6.45, 7) is 13.1. The first-order valence-corrected chi connectivity index (χ1v) is 24.0. The summed E-state index contributed by atoms with van der Waals surface area (Å²) in [4.78, 5) is 51.1. The van der Waals surface area contributed by atoms with Gasteiger partial charge >= 0.3 is 0 Å². The fourth-order valence-corrected chi connectivity index (χ4v) is 7.84. The second-order valence-electron chi connectivity index (χ2n) is 16.6. The van der Waals surface area contributed by atoms with Crippen LogP contribution in [0.25, 0.3) is 0 Å². The lowest BCUT2D eigenvalue weighted by Gasteiger charge is -2.38. The van der Waals surface area contributed by atoms with E-state index >= 15 is 0 Å². The molecule has 0 spiro atoms. The monoisotopic (exact) mass is 909 g/mol. The highest BCUT2D eigenvalue weighted by atomic mass is 16.5. The summed E-state index contributed by atoms with van der Waals surface area (Å²) in [6, 6.07) is -0.822. The highest BCUT2D eigenvalue weighted by Crippen LogP contribution is 2.24. The van der Waals surface area contributed by atoms with Crippen LogP contribution in [0, 0.1) is 12.3 Å². The maximum absolute atomic E-state index is 14.1. The lowest BCUT2D eigenvalue weighted by atomic mass is 10.1. The molecule has 21 nitrogen and oxygen atoms in total. The van der Waals surface area contributed by atoms with E-state index in [2.05, 4.69) is 67.0 Å². The standard InChI is InChI=1S/C44H74N16O5/c1-4-7-13-36-34-59(53-51-36)38(15-9-11-17-45)40(61)55-20-24-57(25-21-55)43-48-42(47-19-29-64-31-33-65-32-30-63-28-6-3)49-44(50-43)58-26-22-56(23-27-58)41(62)39(16-10-12-18-46)60-35-37(52-54-60)14-8-5-2/h3,34-35,38-39H,4-5,7-33,45-46H2,1-2H3,(H,47,48,49,50)/p+2/t38-,39-/m0/s1. The van der Waals surface area contributed by atoms with Gasteiger partial charge in [0.1, 0.15) is 18.7 Å². The molecule has 2 aliphatic rings. The first-order valence-electron chi connectivity index (χ1n) is 24.0. The molecule has 3 aromatic heterocycles. The molecule has 5 heterocycles. The Morgan fingerprint density at radius 1 is 0.662 bits per heavy atom. The van der Waals surface area contributed by atoms with Gasteiger partial charge in [0.15, 0.2) is 0 Å². The lowest BCUT2D eigenvalue weighted by Crippen LogP contribution is -2.52. The Bertz CT molecular complexity index is 1750. The first kappa shape index (κ1) is 51.0. The molecule has 2 amide bonds. The highest BCUT2D eigenvalue weighted by molar-refractivity contribution is 5.81. The molecule has 0 unspecified atom stereocenters. The zero-order valence-corrected chi connectivity index (χ0v) is 39.2. The topological polar surface area (TPSA) is 242 Å². The summed E-state index contributed by atoms with van der Waals surface area (Å²) in [5, 5.41) is 20.9. The summed E-state index contributed by atoms with van der Waals surface area (Å²) < 4.78 is 20.1. The Morgan fingerprint density at radius 2 is 1.12 bits per heavy atom. The third-order valence-electron chi connectivity index (χ3n) is 11.7. The van der Waals surface area contributed by atoms with Crippen molar-refractivity contribution in [3.05, 3.63) is 23.8 Å². The number of aromatic nitrogens is 9. The summed E-state index contributed by atoms with van der Waals surface area (Å²) in [7, 11) is 0. The van der Waals surface area contributed by atoms with E-state index in [4.69, 9.17) is 35.6 Å². The van der Waals surface area contributed by atoms with Crippen LogP contribution in [0.3, 0.4) is 0 Å². The van der Waals surface area contributed by atoms with Crippen LogP contribution in [-0.2, 0) is 36.6 Å². The van der Waals surface area contributed by atoms with Crippen LogP contribution in [0.1, 0.15) is 102 Å². The fourth-order valence-electron chi connectivity index (χ4n) is 7.84. The number of piperazine rings is 2. The number of ether oxygens (including phenoxy) is 3. The maximum atomic E-state index is 14.1. The summed E-state index contributed by atoms with van der Waals surface area (Å²) in [5.41, 5.74) is 9.83. The third-order valence-corrected chi connectivity index (χ3v) is 11.7. The Kier molecular flexibility index (Phi) is 22.6. The Hall–Kier alpha value is -5.01. The minimum absolute atomic E-state index is 0.0553. The zero-order chi connectivity index (χ0) is 46.1. The van der Waals surface area contributed by atoms with Crippen molar-refractivity contribution in [2.24, 2.45) is 0 Å². The van der Waals surface area contributed by atoms with Crippen molar-refractivity contribution in [2.45, 2.75) is 103 Å². The number of hydrogen-bond acceptors (Lipinski definition) is 15. The summed E-state index contributed by atoms with van der Waals surface area (Å²) >= 11 is 0. The van der Waals surface area contributed by atoms with E-state index in [0.29, 0.717) is 123 Å². The molecule has 0 aromatic carbocycles. The molecule has 65 heavy (non-hydrogen) atoms. The average molecular weight is 909 g/mol. The number of amides is 2. The Balaban J connectivity index is 1.24. The van der Waals surface area contributed by atoms with E-state index in [9.17, 15) is 9.59 Å². The molecule has 360 valence electrons. The minimum atomic E-state index is -0.411. The molecule has 5 rings (SSSR count). The van der Waals surface area contributed by atoms with Gasteiger partial charge in [0.2, 0.25) is 29.7 Å². The quantitative estimate of drug-likeness (QED) is 0.0586. The van der Waals surface area contributed by atoms with Crippen LogP contribution in [-0.4, -0.2) is 178 Å². The molecular weight excluding hydrogens is 833 g/mol. The van der Waals surface area contributed by atoms with Crippen molar-refractivity contribution in [3.63, 3.8) is 0 Å². The Labute approximate surface area is 384 Å². The number of unbranched alkanes of at least 4 members (excludes halogenated alkanes) is 4. The van der Waals surface area contributed by atoms with Crippen molar-refractivity contribution < 1.29 is 35.3 Å². The molecule has 3 aromatic rings. The van der Waals surface area contributed by atoms with Gasteiger partial charge in [0.05, 0.1) is 57.5 Å². The van der Waals surface area contributed by atoms with Gasteiger partial charge in [-0.2, -0.15) is 15.0 Å². The molecule has 2 saturated heterocycles. The van der Waals surface area contributed by atoms with Crippen LogP contribution in [0.15, 0.2) is 12.4 Å². The molecule has 2 atom stereocenters. The molecule has 0 bridgehead atoms. The molecule has 0 aliphatic carbocycles. The second-order valence-corrected chi connectivity index (χ2v) is 16.6. The summed E-state index contributed by atoms with van der Waals surface area (Å²) in [5.74, 6) is 4.04. The number of nitrogens with zero attached hydrogens (tertiary/aromatic N) is 13. The number of hydrogen-bond donors (Lipinski definition) is 3. The highest BCUT2D eigenvalue weighted by Gasteiger charge is 2.33. The largest absolute Gasteiger partial charge is 0.377 e. The first-order chi connectivity index (χ1) is 31.9. The zero-order valence-electron chi connectivity index (χ0n) is 39.2. The number of carbonyl (C=O) groups is 2. The number of carbonyl (C=O) groups excluding carboxylic acids is 2. The van der Waals surface area contributed by atoms with E-state index in [-0.39, 0.29) is 18.4 Å². The van der Waals surface area contributed by atoms with Crippen molar-refractivity contribution in [3.8, 4) is 12.3 Å². The van der Waals surface area contributed by atoms with Gasteiger partial charge in [-0.05, 0) is 64.2 Å². The molecular formula is C44H76N16O5+2. The van der Waals surface area contributed by atoms with Gasteiger partial charge in [-0.15, -0.1) is 16.6 Å². The van der Waals surface area contributed by atoms with Gasteiger partial charge in [-0.3, -0.25) is 9.59 Å². The molecule has 0 radical (unpaired) electrons. The predicted octanol–water partition coefficient (Wildman–Crippen LogP) is 0.439. The number of nitrogens with one attached hydrogen (secondary N) is 1. The van der Waals surface area contributed by atoms with Crippen molar-refractivity contribution in [2.75, 3.05) is 127 Å². The number of aryl methyl sites for hydroxylation is 2. The van der Waals surface area contributed by atoms with Gasteiger partial charge in [0.25, 0.3) is 0 Å². The predicted molar refractivity (Wildman–Crippen MR) is 246 cm³/mol. The van der Waals surface area contributed by atoms with Crippen LogP contribution in [0.4, 0.5) is 17.8 Å². The molecule has 0 saturated carbocycles. The normalized spacial score (nSPS) is 15.3. The van der Waals surface area contributed by atoms with E-state index in [0.717, 1.165) is 88.7 Å². The SMILES string of the molecule is C#CCOCCOCCOCCNc1nc(N2CCN(C(=O)[C@H](CCCC[NH3+])n3cc(CCCC)nn3)CC2)nc(N2CCN(C(=O)[C@H](CCCC[NH3+])n3cc(CCCC)nn3)CC2)n1. The number of quaternary nitrogens is 2. The molecule has 2 fully saturated rings. The maximum Gasteiger partial charge on any atom is 0.247 e. The van der Waals surface area contributed by atoms with Gasteiger partial charge in [-0.25, -0.2) is 9.36 Å². The van der Waals surface area contributed by atoms with Gasteiger partial charge < -0.3 is 50.6 Å². The van der Waals surface area contributed by atoms with E-state index in [1.807, 2.05) is 22.2 Å². The average Bonchev–Trinajstić information content (AvgIpc) is 4.02. The van der Waals surface area contributed by atoms with Gasteiger partial charge in [-0.1, -0.05) is 43.0 Å². The van der Waals surface area contributed by atoms with Crippen LogP contribution in [0.2, 0.25) is 0 Å². The Morgan fingerprint density at radius 3 is 1.57 bits per heavy atom. The van der Waals surface area contributed by atoms with Crippen molar-refractivity contribution in [1.82, 2.24) is 54.7 Å². The van der Waals surface area contributed by atoms with Crippen molar-refractivity contribution in [1.29, 1.82) is 0 Å². The molecule has 7 N–H and O–H groups in total. The smallest absolute Gasteiger partial charge is 0.247 e. The van der Waals surface area contributed by atoms with Crippen LogP contribution in [0.5, 0.6) is 0 Å². The fraction of sp³-hybridized carbons (Fsp3) is 0.750. The second kappa shape index (κ2) is 28.8. The van der Waals surface area contributed by atoms with E-state index < -0.39 is 12.1 Å². The third kappa shape index (κ3) is 16.4. The molecule has 21 heteroatoms. The number of anilines is 3. The minimum Gasteiger partial charge on any atom is -0.377 e. The van der Waals surface area contributed by atoms with Crippen LogP contribution < -0.4 is 26.6 Å². The van der Waals surface area contributed by atoms with Crippen LogP contribution >= 0.6 is 0 Å². The van der Waals surface area contributed by atoms with Gasteiger partial charge in [0, 0.05) is 71.3 Å². The lowest BCUT2D eigenvalue weighted by molar-refractivity contribution is -0.369. The number of terminal acetylenes is 1. The summed E-state index contributed by atoms with van der Waals surface area (Å²) in [6.07, 6.45) is 20.0. The van der Waals surface area contributed by atoms with Crippen molar-refractivity contribution >= 4 is 29.7 Å².